The molecule has 5 nitrogen and oxygen atoms in total. The van der Waals surface area contributed by atoms with Crippen molar-refractivity contribution in [2.24, 2.45) is 5.84 Å². The molecule has 64 valence electrons. The third-order valence-electron chi connectivity index (χ3n) is 1.86. The number of nitrogens with one attached hydrogen (secondary N) is 1. The maximum Gasteiger partial charge on any atom is 0.331 e. The lowest BCUT2D eigenvalue weighted by atomic mass is 10.1. The topological polar surface area (TPSA) is 78.6 Å². The molecule has 0 bridgehead atoms. The summed E-state index contributed by atoms with van der Waals surface area (Å²) < 4.78 is 0. The Morgan fingerprint density at radius 1 is 1.82 bits per heavy atom. The third kappa shape index (κ3) is 1.81. The van der Waals surface area contributed by atoms with Crippen LogP contribution in [0.5, 0.6) is 0 Å². The van der Waals surface area contributed by atoms with Gasteiger partial charge in [-0.3, -0.25) is 5.43 Å². The van der Waals surface area contributed by atoms with Gasteiger partial charge in [-0.25, -0.2) is 10.6 Å². The first-order valence-electron chi connectivity index (χ1n) is 3.53. The van der Waals surface area contributed by atoms with Crippen LogP contribution < -0.4 is 11.3 Å². The number of rotatable bonds is 0. The summed E-state index contributed by atoms with van der Waals surface area (Å²) in [5.74, 6) is 4.92. The highest BCUT2D eigenvalue weighted by molar-refractivity contribution is 5.73. The van der Waals surface area contributed by atoms with Crippen LogP contribution >= 0.6 is 0 Å². The van der Waals surface area contributed by atoms with Gasteiger partial charge in [0.2, 0.25) is 0 Å². The molecular weight excluding hydrogens is 146 g/mol. The van der Waals surface area contributed by atoms with Crippen molar-refractivity contribution in [3.05, 3.63) is 0 Å². The Hall–Kier alpha value is -0.810. The average molecular weight is 159 g/mol. The summed E-state index contributed by atoms with van der Waals surface area (Å²) in [4.78, 5) is 12.4. The standard InChI is InChI=1S/C6H13N3O2/c1-6(11)2-3-9(4-6)5(10)8-7/h11H,2-4,7H2,1H3,(H,8,10). The molecule has 11 heavy (non-hydrogen) atoms. The number of hydrazine groups is 1. The lowest BCUT2D eigenvalue weighted by Gasteiger charge is -2.17. The van der Waals surface area contributed by atoms with Gasteiger partial charge >= 0.3 is 6.03 Å². The SMILES string of the molecule is CC1(O)CCN(C(=O)NN)C1. The zero-order chi connectivity index (χ0) is 8.48. The van der Waals surface area contributed by atoms with Crippen LogP contribution in [0.25, 0.3) is 0 Å². The van der Waals surface area contributed by atoms with Crippen molar-refractivity contribution in [1.29, 1.82) is 0 Å². The number of β-amino-alcohol motifs (C(OH)–C–C–N with tert-alkyl or cyclic N) is 1. The minimum absolute atomic E-state index is 0.331. The normalized spacial score (nSPS) is 30.6. The summed E-state index contributed by atoms with van der Waals surface area (Å²) in [5.41, 5.74) is 1.28. The number of likely N-dealkylation sites (tertiary alicyclic amines) is 1. The molecule has 0 saturated carbocycles. The van der Waals surface area contributed by atoms with Gasteiger partial charge in [-0.05, 0) is 13.3 Å². The Kier molecular flexibility index (Phi) is 2.01. The molecule has 1 fully saturated rings. The fourth-order valence-corrected chi connectivity index (χ4v) is 1.21. The number of amides is 2. The van der Waals surface area contributed by atoms with Gasteiger partial charge in [0.15, 0.2) is 0 Å². The molecule has 1 saturated heterocycles. The summed E-state index contributed by atoms with van der Waals surface area (Å²) in [6, 6.07) is -0.331. The zero-order valence-electron chi connectivity index (χ0n) is 6.50. The van der Waals surface area contributed by atoms with E-state index in [0.717, 1.165) is 0 Å². The maximum atomic E-state index is 10.9. The monoisotopic (exact) mass is 159 g/mol. The second kappa shape index (κ2) is 2.67. The van der Waals surface area contributed by atoms with Crippen LogP contribution in [0.3, 0.4) is 0 Å². The van der Waals surface area contributed by atoms with Crippen LogP contribution in [-0.2, 0) is 0 Å². The first kappa shape index (κ1) is 8.29. The van der Waals surface area contributed by atoms with Gasteiger partial charge in [0.25, 0.3) is 0 Å². The van der Waals surface area contributed by atoms with Gasteiger partial charge in [0, 0.05) is 6.54 Å². The predicted octanol–water partition coefficient (Wildman–Crippen LogP) is -0.974. The Morgan fingerprint density at radius 3 is 2.82 bits per heavy atom. The summed E-state index contributed by atoms with van der Waals surface area (Å²) in [6.45, 7) is 2.63. The summed E-state index contributed by atoms with van der Waals surface area (Å²) in [7, 11) is 0. The fraction of sp³-hybridized carbons (Fsp3) is 0.833. The molecule has 0 aromatic heterocycles. The maximum absolute atomic E-state index is 10.9. The van der Waals surface area contributed by atoms with E-state index in [2.05, 4.69) is 0 Å². The van der Waals surface area contributed by atoms with Crippen molar-refractivity contribution in [1.82, 2.24) is 10.3 Å². The molecule has 1 rings (SSSR count). The molecule has 5 heteroatoms. The molecule has 1 unspecified atom stereocenters. The van der Waals surface area contributed by atoms with Gasteiger partial charge in [0.05, 0.1) is 12.1 Å². The van der Waals surface area contributed by atoms with Gasteiger partial charge < -0.3 is 10.0 Å². The van der Waals surface area contributed by atoms with Crippen molar-refractivity contribution in [2.45, 2.75) is 18.9 Å². The van der Waals surface area contributed by atoms with Gasteiger partial charge in [-0.1, -0.05) is 0 Å². The van der Waals surface area contributed by atoms with Crippen LogP contribution in [-0.4, -0.2) is 34.7 Å². The number of hydrogen-bond donors (Lipinski definition) is 3. The number of hydrogen-bond acceptors (Lipinski definition) is 3. The molecule has 1 atom stereocenters. The summed E-state index contributed by atoms with van der Waals surface area (Å²) >= 11 is 0. The Morgan fingerprint density at radius 2 is 2.45 bits per heavy atom. The minimum Gasteiger partial charge on any atom is -0.388 e. The highest BCUT2D eigenvalue weighted by atomic mass is 16.3. The smallest absolute Gasteiger partial charge is 0.331 e. The lowest BCUT2D eigenvalue weighted by molar-refractivity contribution is 0.0719. The van der Waals surface area contributed by atoms with Gasteiger partial charge in [-0.2, -0.15) is 0 Å². The first-order chi connectivity index (χ1) is 5.05. The van der Waals surface area contributed by atoms with Crippen molar-refractivity contribution in [2.75, 3.05) is 13.1 Å². The predicted molar refractivity (Wildman–Crippen MR) is 39.5 cm³/mol. The van der Waals surface area contributed by atoms with E-state index in [4.69, 9.17) is 5.84 Å². The molecule has 0 radical (unpaired) electrons. The Bertz CT molecular complexity index is 169. The van der Waals surface area contributed by atoms with E-state index in [1.54, 1.807) is 6.92 Å². The van der Waals surface area contributed by atoms with E-state index < -0.39 is 5.60 Å². The number of nitrogens with zero attached hydrogens (tertiary/aromatic N) is 1. The van der Waals surface area contributed by atoms with Crippen LogP contribution in [0, 0.1) is 0 Å². The van der Waals surface area contributed by atoms with Crippen LogP contribution in [0.1, 0.15) is 13.3 Å². The van der Waals surface area contributed by atoms with E-state index in [1.165, 1.54) is 4.90 Å². The Labute approximate surface area is 65.1 Å². The van der Waals surface area contributed by atoms with Crippen molar-refractivity contribution in [3.63, 3.8) is 0 Å². The molecule has 2 amide bonds. The van der Waals surface area contributed by atoms with Crippen molar-refractivity contribution in [3.8, 4) is 0 Å². The second-order valence-electron chi connectivity index (χ2n) is 3.12. The quantitative estimate of drug-likeness (QED) is 0.241. The molecule has 0 spiro atoms. The highest BCUT2D eigenvalue weighted by Crippen LogP contribution is 2.19. The molecule has 1 aliphatic heterocycles. The lowest BCUT2D eigenvalue weighted by Crippen LogP contribution is -2.43. The number of aliphatic hydroxyl groups is 1. The molecule has 0 aromatic rings. The molecule has 1 heterocycles. The van der Waals surface area contributed by atoms with Crippen LogP contribution in [0.15, 0.2) is 0 Å². The Balaban J connectivity index is 2.48. The van der Waals surface area contributed by atoms with Crippen molar-refractivity contribution >= 4 is 6.03 Å². The highest BCUT2D eigenvalue weighted by Gasteiger charge is 2.33. The van der Waals surface area contributed by atoms with E-state index >= 15 is 0 Å². The van der Waals surface area contributed by atoms with E-state index in [9.17, 15) is 9.90 Å². The average Bonchev–Trinajstić information content (AvgIpc) is 2.29. The van der Waals surface area contributed by atoms with Crippen molar-refractivity contribution < 1.29 is 9.90 Å². The number of carbonyl (C=O) groups excluding carboxylic acids is 1. The largest absolute Gasteiger partial charge is 0.388 e. The first-order valence-corrected chi connectivity index (χ1v) is 3.53. The zero-order valence-corrected chi connectivity index (χ0v) is 6.50. The molecule has 4 N–H and O–H groups in total. The summed E-state index contributed by atoms with van der Waals surface area (Å²) in [5, 5.41) is 9.45. The van der Waals surface area contributed by atoms with E-state index in [-0.39, 0.29) is 6.03 Å². The minimum atomic E-state index is -0.744. The number of urea groups is 1. The second-order valence-corrected chi connectivity index (χ2v) is 3.12. The van der Waals surface area contributed by atoms with Crippen LogP contribution in [0.4, 0.5) is 4.79 Å². The number of carbonyl (C=O) groups is 1. The van der Waals surface area contributed by atoms with E-state index in [0.29, 0.717) is 19.5 Å². The molecule has 1 aliphatic rings. The molecular formula is C6H13N3O2. The molecule has 0 aromatic carbocycles. The third-order valence-corrected chi connectivity index (χ3v) is 1.86. The summed E-state index contributed by atoms with van der Waals surface area (Å²) in [6.07, 6.45) is 0.612. The van der Waals surface area contributed by atoms with Gasteiger partial charge in [0.1, 0.15) is 0 Å². The van der Waals surface area contributed by atoms with Gasteiger partial charge in [-0.15, -0.1) is 0 Å². The molecule has 0 aliphatic carbocycles. The number of nitrogens with two attached hydrogens (primary N) is 1. The van der Waals surface area contributed by atoms with Crippen LogP contribution in [0.2, 0.25) is 0 Å². The fourth-order valence-electron chi connectivity index (χ4n) is 1.21. The van der Waals surface area contributed by atoms with E-state index in [1.807, 2.05) is 5.43 Å².